The Morgan fingerprint density at radius 2 is 1.88 bits per heavy atom. The number of hydrogen-bond acceptors (Lipinski definition) is 4. The lowest BCUT2D eigenvalue weighted by Crippen LogP contribution is -2.53. The molecule has 0 saturated carbocycles. The van der Waals surface area contributed by atoms with Crippen LogP contribution in [0.2, 0.25) is 0 Å². The number of carbonyl (C=O) groups excluding carboxylic acids is 2. The van der Waals surface area contributed by atoms with Crippen LogP contribution in [0.5, 0.6) is 0 Å². The Kier molecular flexibility index (Phi) is 5.10. The van der Waals surface area contributed by atoms with Gasteiger partial charge in [0.05, 0.1) is 6.26 Å². The Morgan fingerprint density at radius 1 is 1.08 bits per heavy atom. The van der Waals surface area contributed by atoms with E-state index in [-0.39, 0.29) is 11.9 Å². The molecule has 7 nitrogen and oxygen atoms in total. The van der Waals surface area contributed by atoms with E-state index in [4.69, 9.17) is 4.42 Å². The molecule has 1 aliphatic rings. The van der Waals surface area contributed by atoms with Crippen molar-refractivity contribution in [3.63, 3.8) is 0 Å². The van der Waals surface area contributed by atoms with Crippen LogP contribution in [-0.4, -0.2) is 59.4 Å². The standard InChI is InChI=1S/C17H20N4O3/c22-16(15-5-3-13-24-15)20-9-11-21(12-10-20)17(23)19-8-6-14-4-1-2-7-18-14/h1-5,7,13H,6,8-12H2,(H,19,23). The monoisotopic (exact) mass is 328 g/mol. The minimum Gasteiger partial charge on any atom is -0.459 e. The van der Waals surface area contributed by atoms with Crippen molar-refractivity contribution in [3.8, 4) is 0 Å². The molecule has 1 saturated heterocycles. The van der Waals surface area contributed by atoms with Gasteiger partial charge >= 0.3 is 6.03 Å². The van der Waals surface area contributed by atoms with Crippen LogP contribution in [0, 0.1) is 0 Å². The van der Waals surface area contributed by atoms with Crippen LogP contribution in [0.1, 0.15) is 16.2 Å². The fourth-order valence-corrected chi connectivity index (χ4v) is 2.62. The SMILES string of the molecule is O=C(NCCc1ccccn1)N1CCN(C(=O)c2ccco2)CC1. The summed E-state index contributed by atoms with van der Waals surface area (Å²) in [5.41, 5.74) is 0.951. The summed E-state index contributed by atoms with van der Waals surface area (Å²) < 4.78 is 5.13. The molecule has 3 heterocycles. The van der Waals surface area contributed by atoms with E-state index in [9.17, 15) is 9.59 Å². The summed E-state index contributed by atoms with van der Waals surface area (Å²) >= 11 is 0. The summed E-state index contributed by atoms with van der Waals surface area (Å²) in [4.78, 5) is 32.0. The maximum atomic E-state index is 12.2. The number of amides is 3. The topological polar surface area (TPSA) is 78.7 Å². The maximum Gasteiger partial charge on any atom is 0.317 e. The molecule has 1 aliphatic heterocycles. The number of nitrogens with zero attached hydrogens (tertiary/aromatic N) is 3. The highest BCUT2D eigenvalue weighted by molar-refractivity contribution is 5.91. The zero-order chi connectivity index (χ0) is 16.8. The van der Waals surface area contributed by atoms with Gasteiger partial charge in [0, 0.05) is 51.0 Å². The predicted molar refractivity (Wildman–Crippen MR) is 87.5 cm³/mol. The second-order valence-corrected chi connectivity index (χ2v) is 5.56. The van der Waals surface area contributed by atoms with Gasteiger partial charge in [-0.15, -0.1) is 0 Å². The van der Waals surface area contributed by atoms with Gasteiger partial charge in [0.25, 0.3) is 5.91 Å². The molecule has 7 heteroatoms. The van der Waals surface area contributed by atoms with E-state index in [1.165, 1.54) is 6.26 Å². The number of piperazine rings is 1. The molecule has 1 fully saturated rings. The van der Waals surface area contributed by atoms with Crippen molar-refractivity contribution in [3.05, 3.63) is 54.2 Å². The van der Waals surface area contributed by atoms with E-state index in [2.05, 4.69) is 10.3 Å². The molecule has 2 aromatic rings. The molecular formula is C17H20N4O3. The first kappa shape index (κ1) is 16.0. The Bertz CT molecular complexity index is 664. The van der Waals surface area contributed by atoms with Gasteiger partial charge in [-0.1, -0.05) is 6.07 Å². The number of hydrogen-bond donors (Lipinski definition) is 1. The van der Waals surface area contributed by atoms with Crippen molar-refractivity contribution >= 4 is 11.9 Å². The van der Waals surface area contributed by atoms with E-state index < -0.39 is 0 Å². The molecular weight excluding hydrogens is 308 g/mol. The number of pyridine rings is 1. The molecule has 126 valence electrons. The molecule has 0 bridgehead atoms. The number of urea groups is 1. The van der Waals surface area contributed by atoms with E-state index in [1.807, 2.05) is 18.2 Å². The molecule has 0 spiro atoms. The van der Waals surface area contributed by atoms with Gasteiger partial charge in [0.2, 0.25) is 0 Å². The molecule has 1 N–H and O–H groups in total. The van der Waals surface area contributed by atoms with Crippen LogP contribution >= 0.6 is 0 Å². The molecule has 0 unspecified atom stereocenters. The van der Waals surface area contributed by atoms with Crippen LogP contribution < -0.4 is 5.32 Å². The van der Waals surface area contributed by atoms with Gasteiger partial charge in [0.15, 0.2) is 5.76 Å². The van der Waals surface area contributed by atoms with Gasteiger partial charge in [-0.3, -0.25) is 9.78 Å². The maximum absolute atomic E-state index is 12.2. The Labute approximate surface area is 140 Å². The molecule has 0 radical (unpaired) electrons. The van der Waals surface area contributed by atoms with Gasteiger partial charge in [0.1, 0.15) is 0 Å². The summed E-state index contributed by atoms with van der Waals surface area (Å²) in [5, 5.41) is 2.90. The van der Waals surface area contributed by atoms with Crippen LogP contribution in [-0.2, 0) is 6.42 Å². The average molecular weight is 328 g/mol. The average Bonchev–Trinajstić information content (AvgIpc) is 3.17. The second-order valence-electron chi connectivity index (χ2n) is 5.56. The molecule has 24 heavy (non-hydrogen) atoms. The molecule has 2 aromatic heterocycles. The first-order valence-corrected chi connectivity index (χ1v) is 7.99. The summed E-state index contributed by atoms with van der Waals surface area (Å²) in [6, 6.07) is 8.98. The van der Waals surface area contributed by atoms with Crippen molar-refractivity contribution < 1.29 is 14.0 Å². The summed E-state index contributed by atoms with van der Waals surface area (Å²) in [7, 11) is 0. The van der Waals surface area contributed by atoms with E-state index in [1.54, 1.807) is 28.1 Å². The molecule has 3 rings (SSSR count). The van der Waals surface area contributed by atoms with E-state index >= 15 is 0 Å². The molecule has 0 atom stereocenters. The van der Waals surface area contributed by atoms with E-state index in [0.29, 0.717) is 44.9 Å². The minimum atomic E-state index is -0.129. The summed E-state index contributed by atoms with van der Waals surface area (Å²) in [6.07, 6.45) is 3.93. The van der Waals surface area contributed by atoms with Gasteiger partial charge in [-0.2, -0.15) is 0 Å². The lowest BCUT2D eigenvalue weighted by molar-refractivity contribution is 0.0634. The first-order valence-electron chi connectivity index (χ1n) is 7.99. The zero-order valence-electron chi connectivity index (χ0n) is 13.4. The van der Waals surface area contributed by atoms with Crippen molar-refractivity contribution in [2.75, 3.05) is 32.7 Å². The number of carbonyl (C=O) groups is 2. The van der Waals surface area contributed by atoms with Crippen molar-refractivity contribution in [2.24, 2.45) is 0 Å². The third kappa shape index (κ3) is 3.92. The Balaban J connectivity index is 1.41. The van der Waals surface area contributed by atoms with Crippen molar-refractivity contribution in [2.45, 2.75) is 6.42 Å². The minimum absolute atomic E-state index is 0.101. The highest BCUT2D eigenvalue weighted by Crippen LogP contribution is 2.09. The van der Waals surface area contributed by atoms with Crippen LogP contribution in [0.25, 0.3) is 0 Å². The molecule has 0 aromatic carbocycles. The number of rotatable bonds is 4. The lowest BCUT2D eigenvalue weighted by Gasteiger charge is -2.34. The fraction of sp³-hybridized carbons (Fsp3) is 0.353. The van der Waals surface area contributed by atoms with Crippen molar-refractivity contribution in [1.82, 2.24) is 20.1 Å². The van der Waals surface area contributed by atoms with Gasteiger partial charge in [-0.05, 0) is 24.3 Å². The highest BCUT2D eigenvalue weighted by Gasteiger charge is 2.25. The molecule has 0 aliphatic carbocycles. The zero-order valence-corrected chi connectivity index (χ0v) is 13.4. The largest absolute Gasteiger partial charge is 0.459 e. The van der Waals surface area contributed by atoms with E-state index in [0.717, 1.165) is 5.69 Å². The lowest BCUT2D eigenvalue weighted by atomic mass is 10.2. The summed E-state index contributed by atoms with van der Waals surface area (Å²) in [5.74, 6) is 0.207. The quantitative estimate of drug-likeness (QED) is 0.920. The number of aromatic nitrogens is 1. The third-order valence-corrected chi connectivity index (χ3v) is 3.97. The number of furan rings is 1. The highest BCUT2D eigenvalue weighted by atomic mass is 16.3. The van der Waals surface area contributed by atoms with Crippen LogP contribution in [0.3, 0.4) is 0 Å². The normalized spacial score (nSPS) is 14.5. The number of nitrogens with one attached hydrogen (secondary N) is 1. The Hall–Kier alpha value is -2.83. The fourth-order valence-electron chi connectivity index (χ4n) is 2.62. The van der Waals surface area contributed by atoms with Gasteiger partial charge in [-0.25, -0.2) is 4.79 Å². The first-order chi connectivity index (χ1) is 11.7. The van der Waals surface area contributed by atoms with Crippen LogP contribution in [0.15, 0.2) is 47.2 Å². The third-order valence-electron chi connectivity index (χ3n) is 3.97. The second kappa shape index (κ2) is 7.63. The Morgan fingerprint density at radius 3 is 2.54 bits per heavy atom. The summed E-state index contributed by atoms with van der Waals surface area (Å²) in [6.45, 7) is 2.59. The van der Waals surface area contributed by atoms with Gasteiger partial charge < -0.3 is 19.5 Å². The predicted octanol–water partition coefficient (Wildman–Crippen LogP) is 1.38. The molecule has 3 amide bonds. The smallest absolute Gasteiger partial charge is 0.317 e. The van der Waals surface area contributed by atoms with Crippen LogP contribution in [0.4, 0.5) is 4.79 Å². The van der Waals surface area contributed by atoms with Crippen molar-refractivity contribution in [1.29, 1.82) is 0 Å².